The van der Waals surface area contributed by atoms with Crippen LogP contribution >= 0.6 is 34.4 Å². The molecule has 4 heteroatoms. The molecule has 0 spiro atoms. The van der Waals surface area contributed by atoms with Crippen LogP contribution in [0, 0.1) is 0 Å². The van der Waals surface area contributed by atoms with E-state index in [0.717, 1.165) is 12.0 Å². The van der Waals surface area contributed by atoms with Crippen LogP contribution in [0.5, 0.6) is 0 Å². The van der Waals surface area contributed by atoms with Crippen molar-refractivity contribution in [2.24, 2.45) is 0 Å². The van der Waals surface area contributed by atoms with Crippen molar-refractivity contribution in [2.75, 3.05) is 0 Å². The molecule has 0 fully saturated rings. The van der Waals surface area contributed by atoms with Gasteiger partial charge in [0.25, 0.3) is 0 Å². The number of fused-ring (bicyclic) bond motifs is 2. The fourth-order valence-electron chi connectivity index (χ4n) is 4.40. The minimum atomic E-state index is -0.103. The van der Waals surface area contributed by atoms with Crippen molar-refractivity contribution < 1.29 is 4.79 Å². The average Bonchev–Trinajstić information content (AvgIpc) is 3.45. The van der Waals surface area contributed by atoms with Crippen LogP contribution in [0.25, 0.3) is 25.7 Å². The van der Waals surface area contributed by atoms with Crippen molar-refractivity contribution in [3.8, 4) is 0 Å². The SMILES string of the molecule is CC1=C(c2csc3ccccc23)C2=C(C1)SC(c1csc3ccccc13)C2=O. The lowest BCUT2D eigenvalue weighted by atomic mass is 9.92. The first-order valence-electron chi connectivity index (χ1n) is 9.29. The zero-order valence-electron chi connectivity index (χ0n) is 15.2. The van der Waals surface area contributed by atoms with Crippen LogP contribution in [-0.4, -0.2) is 5.78 Å². The first kappa shape index (κ1) is 16.8. The maximum absolute atomic E-state index is 13.6. The van der Waals surface area contributed by atoms with Gasteiger partial charge >= 0.3 is 0 Å². The Morgan fingerprint density at radius 1 is 0.857 bits per heavy atom. The van der Waals surface area contributed by atoms with Crippen molar-refractivity contribution in [1.82, 2.24) is 0 Å². The van der Waals surface area contributed by atoms with Gasteiger partial charge in [0.05, 0.1) is 5.25 Å². The molecule has 6 rings (SSSR count). The van der Waals surface area contributed by atoms with Gasteiger partial charge in [-0.25, -0.2) is 0 Å². The van der Waals surface area contributed by atoms with Gasteiger partial charge in [0, 0.05) is 37.2 Å². The molecule has 0 radical (unpaired) electrons. The van der Waals surface area contributed by atoms with E-state index < -0.39 is 0 Å². The third-order valence-corrected chi connectivity index (χ3v) is 8.95. The molecule has 0 saturated carbocycles. The van der Waals surface area contributed by atoms with E-state index in [0.29, 0.717) is 0 Å². The molecule has 2 aliphatic rings. The van der Waals surface area contributed by atoms with E-state index >= 15 is 0 Å². The first-order chi connectivity index (χ1) is 13.7. The zero-order chi connectivity index (χ0) is 18.8. The highest BCUT2D eigenvalue weighted by Crippen LogP contribution is 2.57. The smallest absolute Gasteiger partial charge is 0.182 e. The molecule has 0 N–H and O–H groups in total. The van der Waals surface area contributed by atoms with Gasteiger partial charge in [-0.2, -0.15) is 0 Å². The molecule has 0 amide bonds. The van der Waals surface area contributed by atoms with E-state index in [2.05, 4.69) is 66.2 Å². The molecule has 1 aliphatic heterocycles. The first-order valence-corrected chi connectivity index (χ1v) is 11.9. The molecule has 136 valence electrons. The number of Topliss-reactive ketones (excluding diaryl/α,β-unsaturated/α-hetero) is 1. The number of thioether (sulfide) groups is 1. The lowest BCUT2D eigenvalue weighted by Crippen LogP contribution is -2.08. The molecule has 0 saturated heterocycles. The normalized spacial score (nSPS) is 19.5. The van der Waals surface area contributed by atoms with Gasteiger partial charge in [-0.15, -0.1) is 34.4 Å². The van der Waals surface area contributed by atoms with E-state index in [1.165, 1.54) is 47.4 Å². The Kier molecular flexibility index (Phi) is 3.70. The Labute approximate surface area is 175 Å². The molecule has 3 heterocycles. The Bertz CT molecular complexity index is 1350. The fraction of sp³-hybridized carbons (Fsp3) is 0.125. The van der Waals surface area contributed by atoms with Crippen LogP contribution in [0.2, 0.25) is 0 Å². The van der Waals surface area contributed by atoms with E-state index in [1.807, 2.05) is 0 Å². The molecule has 0 bridgehead atoms. The molecular weight excluding hydrogens is 400 g/mol. The summed E-state index contributed by atoms with van der Waals surface area (Å²) in [5.41, 5.74) is 5.89. The van der Waals surface area contributed by atoms with E-state index in [9.17, 15) is 4.79 Å². The summed E-state index contributed by atoms with van der Waals surface area (Å²) in [5.74, 6) is 0.283. The number of carbonyl (C=O) groups excluding carboxylic acids is 1. The monoisotopic (exact) mass is 416 g/mol. The maximum Gasteiger partial charge on any atom is 0.182 e. The minimum absolute atomic E-state index is 0.103. The van der Waals surface area contributed by atoms with E-state index in [4.69, 9.17) is 0 Å². The number of carbonyl (C=O) groups is 1. The summed E-state index contributed by atoms with van der Waals surface area (Å²) in [7, 11) is 0. The number of ketones is 1. The Balaban J connectivity index is 1.46. The fourth-order valence-corrected chi connectivity index (χ4v) is 7.88. The van der Waals surface area contributed by atoms with Gasteiger partial charge in [0.2, 0.25) is 0 Å². The number of hydrogen-bond acceptors (Lipinski definition) is 4. The quantitative estimate of drug-likeness (QED) is 0.334. The number of benzene rings is 2. The summed E-state index contributed by atoms with van der Waals surface area (Å²) in [4.78, 5) is 14.9. The third-order valence-electron chi connectivity index (χ3n) is 5.67. The Morgan fingerprint density at radius 2 is 1.54 bits per heavy atom. The van der Waals surface area contributed by atoms with Crippen molar-refractivity contribution in [3.05, 3.63) is 86.5 Å². The second kappa shape index (κ2) is 6.18. The van der Waals surface area contributed by atoms with Crippen molar-refractivity contribution in [1.29, 1.82) is 0 Å². The summed E-state index contributed by atoms with van der Waals surface area (Å²) in [6.07, 6.45) is 0.907. The van der Waals surface area contributed by atoms with Crippen molar-refractivity contribution >= 4 is 66.0 Å². The van der Waals surface area contributed by atoms with Crippen LogP contribution in [0.15, 0.2) is 75.3 Å². The molecule has 28 heavy (non-hydrogen) atoms. The van der Waals surface area contributed by atoms with Gasteiger partial charge in [-0.05, 0) is 46.3 Å². The van der Waals surface area contributed by atoms with Crippen LogP contribution in [0.4, 0.5) is 0 Å². The second-order valence-electron chi connectivity index (χ2n) is 7.33. The Morgan fingerprint density at radius 3 is 2.36 bits per heavy atom. The summed E-state index contributed by atoms with van der Waals surface area (Å²) in [6, 6.07) is 16.9. The van der Waals surface area contributed by atoms with E-state index in [-0.39, 0.29) is 11.0 Å². The number of rotatable bonds is 2. The van der Waals surface area contributed by atoms with Gasteiger partial charge in [-0.1, -0.05) is 42.0 Å². The lowest BCUT2D eigenvalue weighted by Gasteiger charge is -2.13. The number of allylic oxidation sites excluding steroid dienone is 4. The molecule has 4 aromatic rings. The highest BCUT2D eigenvalue weighted by Gasteiger charge is 2.41. The van der Waals surface area contributed by atoms with Crippen LogP contribution in [0.3, 0.4) is 0 Å². The van der Waals surface area contributed by atoms with Crippen LogP contribution in [-0.2, 0) is 4.79 Å². The number of hydrogen-bond donors (Lipinski definition) is 0. The second-order valence-corrected chi connectivity index (χ2v) is 10.3. The Hall–Kier alpha value is -2.14. The summed E-state index contributed by atoms with van der Waals surface area (Å²) < 4.78 is 2.54. The van der Waals surface area contributed by atoms with Crippen LogP contribution in [0.1, 0.15) is 29.7 Å². The lowest BCUT2D eigenvalue weighted by molar-refractivity contribution is -0.114. The standard InChI is InChI=1S/C24H16OS3/c1-13-10-20-22(21(13)16-11-26-18-8-4-2-6-14(16)18)23(25)24(28-20)17-12-27-19-9-5-3-7-15(17)19/h2-9,11-12,24H,10H2,1H3. The number of thiophene rings is 2. The van der Waals surface area contributed by atoms with Crippen LogP contribution < -0.4 is 0 Å². The predicted octanol–water partition coefficient (Wildman–Crippen LogP) is 7.60. The van der Waals surface area contributed by atoms with Gasteiger partial charge < -0.3 is 0 Å². The van der Waals surface area contributed by atoms with E-state index in [1.54, 1.807) is 34.4 Å². The minimum Gasteiger partial charge on any atom is -0.292 e. The largest absolute Gasteiger partial charge is 0.292 e. The molecule has 1 atom stereocenters. The topological polar surface area (TPSA) is 17.1 Å². The zero-order valence-corrected chi connectivity index (χ0v) is 17.6. The van der Waals surface area contributed by atoms with Gasteiger partial charge in [-0.3, -0.25) is 4.79 Å². The van der Waals surface area contributed by atoms with Crippen molar-refractivity contribution in [3.63, 3.8) is 0 Å². The summed E-state index contributed by atoms with van der Waals surface area (Å²) in [5, 5.41) is 6.79. The average molecular weight is 417 g/mol. The summed E-state index contributed by atoms with van der Waals surface area (Å²) in [6.45, 7) is 2.18. The highest BCUT2D eigenvalue weighted by atomic mass is 32.2. The molecule has 1 nitrogen and oxygen atoms in total. The molecule has 1 aliphatic carbocycles. The molecule has 2 aromatic carbocycles. The van der Waals surface area contributed by atoms with Gasteiger partial charge in [0.15, 0.2) is 5.78 Å². The molecule has 1 unspecified atom stereocenters. The highest BCUT2D eigenvalue weighted by molar-refractivity contribution is 8.04. The maximum atomic E-state index is 13.6. The van der Waals surface area contributed by atoms with Crippen molar-refractivity contribution in [2.45, 2.75) is 18.6 Å². The van der Waals surface area contributed by atoms with Gasteiger partial charge in [0.1, 0.15) is 0 Å². The summed E-state index contributed by atoms with van der Waals surface area (Å²) >= 11 is 5.27. The molecule has 2 aromatic heterocycles. The molecular formula is C24H16OS3. The third kappa shape index (κ3) is 2.29. The predicted molar refractivity (Wildman–Crippen MR) is 123 cm³/mol.